The molecule has 1 aliphatic rings. The molecule has 1 aliphatic carbocycles. The Kier molecular flexibility index (Phi) is 2.84. The molecular weight excluding hydrogens is 262 g/mol. The summed E-state index contributed by atoms with van der Waals surface area (Å²) in [6.07, 6.45) is 5.75. The van der Waals surface area contributed by atoms with Crippen LogP contribution in [0.15, 0.2) is 43.0 Å². The number of hydrogen-bond donors (Lipinski definition) is 1. The SMILES string of the molecule is Nc1ncnc2c1ncn2CC[C@@H]1C[C@H]1c1ccccc1. The van der Waals surface area contributed by atoms with Crippen LogP contribution in [0.5, 0.6) is 0 Å². The van der Waals surface area contributed by atoms with E-state index >= 15 is 0 Å². The van der Waals surface area contributed by atoms with Crippen LogP contribution in [0.2, 0.25) is 0 Å². The Morgan fingerprint density at radius 1 is 1.14 bits per heavy atom. The van der Waals surface area contributed by atoms with Gasteiger partial charge in [0.25, 0.3) is 0 Å². The Hall–Kier alpha value is -2.43. The van der Waals surface area contributed by atoms with Crippen LogP contribution in [-0.4, -0.2) is 19.5 Å². The third-order valence-corrected chi connectivity index (χ3v) is 4.32. The molecule has 2 N–H and O–H groups in total. The number of nitrogen functional groups attached to an aromatic ring is 1. The van der Waals surface area contributed by atoms with Gasteiger partial charge in [-0.15, -0.1) is 0 Å². The quantitative estimate of drug-likeness (QED) is 0.797. The molecule has 106 valence electrons. The number of aromatic nitrogens is 4. The summed E-state index contributed by atoms with van der Waals surface area (Å²) in [7, 11) is 0. The molecule has 2 aromatic heterocycles. The Labute approximate surface area is 122 Å². The van der Waals surface area contributed by atoms with Gasteiger partial charge in [-0.1, -0.05) is 30.3 Å². The monoisotopic (exact) mass is 279 g/mol. The van der Waals surface area contributed by atoms with Crippen molar-refractivity contribution in [1.82, 2.24) is 19.5 Å². The minimum absolute atomic E-state index is 0.451. The van der Waals surface area contributed by atoms with Crippen LogP contribution in [0.4, 0.5) is 5.82 Å². The fraction of sp³-hybridized carbons (Fsp3) is 0.312. The van der Waals surface area contributed by atoms with E-state index in [1.807, 2.05) is 6.33 Å². The highest BCUT2D eigenvalue weighted by atomic mass is 15.1. The molecule has 5 heteroatoms. The highest BCUT2D eigenvalue weighted by Gasteiger charge is 2.37. The fourth-order valence-corrected chi connectivity index (χ4v) is 3.04. The molecular formula is C16H17N5. The van der Waals surface area contributed by atoms with Crippen molar-refractivity contribution in [2.75, 3.05) is 5.73 Å². The van der Waals surface area contributed by atoms with E-state index < -0.39 is 0 Å². The van der Waals surface area contributed by atoms with Crippen LogP contribution in [0.3, 0.4) is 0 Å². The summed E-state index contributed by atoms with van der Waals surface area (Å²) in [6, 6.07) is 10.8. The first-order valence-electron chi connectivity index (χ1n) is 7.29. The summed E-state index contributed by atoms with van der Waals surface area (Å²) < 4.78 is 2.08. The van der Waals surface area contributed by atoms with Crippen molar-refractivity contribution in [3.63, 3.8) is 0 Å². The number of hydrogen-bond acceptors (Lipinski definition) is 4. The molecule has 0 saturated heterocycles. The van der Waals surface area contributed by atoms with E-state index in [-0.39, 0.29) is 0 Å². The number of imidazole rings is 1. The molecule has 1 fully saturated rings. The molecule has 0 spiro atoms. The van der Waals surface area contributed by atoms with E-state index in [0.717, 1.165) is 30.4 Å². The zero-order chi connectivity index (χ0) is 14.2. The molecule has 21 heavy (non-hydrogen) atoms. The molecule has 1 aromatic carbocycles. The molecule has 0 amide bonds. The molecule has 4 rings (SSSR count). The van der Waals surface area contributed by atoms with Crippen molar-refractivity contribution < 1.29 is 0 Å². The summed E-state index contributed by atoms with van der Waals surface area (Å²) in [6.45, 7) is 0.932. The van der Waals surface area contributed by atoms with Crippen molar-refractivity contribution in [1.29, 1.82) is 0 Å². The predicted octanol–water partition coefficient (Wildman–Crippen LogP) is 2.60. The van der Waals surface area contributed by atoms with E-state index in [1.54, 1.807) is 0 Å². The lowest BCUT2D eigenvalue weighted by Crippen LogP contribution is -2.00. The Balaban J connectivity index is 1.45. The number of benzene rings is 1. The minimum atomic E-state index is 0.451. The maximum absolute atomic E-state index is 5.81. The highest BCUT2D eigenvalue weighted by Crippen LogP contribution is 2.49. The molecule has 2 atom stereocenters. The van der Waals surface area contributed by atoms with Crippen molar-refractivity contribution in [3.05, 3.63) is 48.5 Å². The van der Waals surface area contributed by atoms with Crippen LogP contribution in [-0.2, 0) is 6.54 Å². The topological polar surface area (TPSA) is 69.6 Å². The molecule has 1 saturated carbocycles. The van der Waals surface area contributed by atoms with Gasteiger partial charge in [-0.3, -0.25) is 0 Å². The maximum Gasteiger partial charge on any atom is 0.165 e. The van der Waals surface area contributed by atoms with Gasteiger partial charge in [0, 0.05) is 6.54 Å². The van der Waals surface area contributed by atoms with E-state index in [1.165, 1.54) is 18.3 Å². The lowest BCUT2D eigenvalue weighted by atomic mass is 10.1. The molecule has 3 aromatic rings. The first kappa shape index (κ1) is 12.3. The number of anilines is 1. The van der Waals surface area contributed by atoms with Gasteiger partial charge >= 0.3 is 0 Å². The van der Waals surface area contributed by atoms with E-state index in [4.69, 9.17) is 5.73 Å². The van der Waals surface area contributed by atoms with E-state index in [2.05, 4.69) is 49.9 Å². The zero-order valence-corrected chi connectivity index (χ0v) is 11.7. The Morgan fingerprint density at radius 2 is 2.00 bits per heavy atom. The lowest BCUT2D eigenvalue weighted by molar-refractivity contribution is 0.594. The minimum Gasteiger partial charge on any atom is -0.382 e. The standard InChI is InChI=1S/C16H17N5/c17-15-14-16(19-9-18-15)21(10-20-14)7-6-12-8-13(12)11-4-2-1-3-5-11/h1-5,9-10,12-13H,6-8H2,(H2,17,18,19)/t12-,13+/m1/s1. The molecule has 0 radical (unpaired) electrons. The van der Waals surface area contributed by atoms with Crippen LogP contribution in [0.25, 0.3) is 11.2 Å². The number of fused-ring (bicyclic) bond motifs is 1. The Bertz CT molecular complexity index is 765. The Morgan fingerprint density at radius 3 is 2.86 bits per heavy atom. The van der Waals surface area contributed by atoms with Gasteiger partial charge in [-0.2, -0.15) is 0 Å². The third-order valence-electron chi connectivity index (χ3n) is 4.32. The van der Waals surface area contributed by atoms with Crippen LogP contribution >= 0.6 is 0 Å². The van der Waals surface area contributed by atoms with Gasteiger partial charge in [0.2, 0.25) is 0 Å². The molecule has 2 heterocycles. The van der Waals surface area contributed by atoms with Gasteiger partial charge in [-0.05, 0) is 30.2 Å². The zero-order valence-electron chi connectivity index (χ0n) is 11.7. The summed E-state index contributed by atoms with van der Waals surface area (Å²) in [5, 5.41) is 0. The first-order valence-corrected chi connectivity index (χ1v) is 7.29. The van der Waals surface area contributed by atoms with Crippen molar-refractivity contribution in [2.24, 2.45) is 5.92 Å². The first-order chi connectivity index (χ1) is 10.3. The summed E-state index contributed by atoms with van der Waals surface area (Å²) in [5.41, 5.74) is 8.81. The summed E-state index contributed by atoms with van der Waals surface area (Å²) in [4.78, 5) is 12.6. The predicted molar refractivity (Wildman–Crippen MR) is 81.6 cm³/mol. The summed E-state index contributed by atoms with van der Waals surface area (Å²) >= 11 is 0. The molecule has 0 aliphatic heterocycles. The molecule has 0 bridgehead atoms. The molecule has 0 unspecified atom stereocenters. The van der Waals surface area contributed by atoms with Crippen LogP contribution in [0, 0.1) is 5.92 Å². The van der Waals surface area contributed by atoms with Gasteiger partial charge in [-0.25, -0.2) is 15.0 Å². The molecule has 5 nitrogen and oxygen atoms in total. The number of nitrogens with zero attached hydrogens (tertiary/aromatic N) is 4. The van der Waals surface area contributed by atoms with E-state index in [9.17, 15) is 0 Å². The van der Waals surface area contributed by atoms with Gasteiger partial charge in [0.05, 0.1) is 6.33 Å². The number of rotatable bonds is 4. The van der Waals surface area contributed by atoms with Crippen molar-refractivity contribution in [2.45, 2.75) is 25.3 Å². The maximum atomic E-state index is 5.81. The number of nitrogens with two attached hydrogens (primary N) is 1. The van der Waals surface area contributed by atoms with Crippen molar-refractivity contribution in [3.8, 4) is 0 Å². The third kappa shape index (κ3) is 2.24. The normalized spacial score (nSPS) is 20.8. The van der Waals surface area contributed by atoms with Crippen LogP contribution < -0.4 is 5.73 Å². The van der Waals surface area contributed by atoms with E-state index in [0.29, 0.717) is 11.3 Å². The van der Waals surface area contributed by atoms with Gasteiger partial charge < -0.3 is 10.3 Å². The second kappa shape index (κ2) is 4.84. The lowest BCUT2D eigenvalue weighted by Gasteiger charge is -2.04. The smallest absolute Gasteiger partial charge is 0.165 e. The second-order valence-corrected chi connectivity index (χ2v) is 5.67. The second-order valence-electron chi connectivity index (χ2n) is 5.67. The number of aryl methyl sites for hydroxylation is 1. The van der Waals surface area contributed by atoms with Gasteiger partial charge in [0.15, 0.2) is 11.5 Å². The average Bonchev–Trinajstić information content (AvgIpc) is 3.18. The van der Waals surface area contributed by atoms with Crippen LogP contribution in [0.1, 0.15) is 24.3 Å². The summed E-state index contributed by atoms with van der Waals surface area (Å²) in [5.74, 6) is 1.94. The average molecular weight is 279 g/mol. The highest BCUT2D eigenvalue weighted by molar-refractivity contribution is 5.81. The van der Waals surface area contributed by atoms with Gasteiger partial charge in [0.1, 0.15) is 11.8 Å². The van der Waals surface area contributed by atoms with Crippen molar-refractivity contribution >= 4 is 17.0 Å². The fourth-order valence-electron chi connectivity index (χ4n) is 3.04. The largest absolute Gasteiger partial charge is 0.382 e.